The van der Waals surface area contributed by atoms with Gasteiger partial charge in [0.25, 0.3) is 5.91 Å². The number of amides is 1. The molecule has 0 saturated carbocycles. The molecule has 1 unspecified atom stereocenters. The van der Waals surface area contributed by atoms with Gasteiger partial charge in [-0.2, -0.15) is 0 Å². The Bertz CT molecular complexity index is 554. The highest BCUT2D eigenvalue weighted by Gasteiger charge is 2.19. The predicted molar refractivity (Wildman–Crippen MR) is 94.1 cm³/mol. The van der Waals surface area contributed by atoms with Crippen LogP contribution in [0.4, 0.5) is 0 Å². The maximum atomic E-state index is 12.2. The van der Waals surface area contributed by atoms with Crippen LogP contribution in [0.1, 0.15) is 41.3 Å². The zero-order chi connectivity index (χ0) is 17.0. The highest BCUT2D eigenvalue weighted by atomic mass is 35.5. The highest BCUT2D eigenvalue weighted by molar-refractivity contribution is 6.34. The Labute approximate surface area is 143 Å². The first kappa shape index (κ1) is 18.2. The van der Waals surface area contributed by atoms with Crippen LogP contribution in [0, 0.1) is 19.8 Å². The number of β-amino-alcohol motifs (C(OH)–C–C–N with tert-alkyl or cyclic N) is 1. The summed E-state index contributed by atoms with van der Waals surface area (Å²) in [5.41, 5.74) is 2.56. The fourth-order valence-corrected chi connectivity index (χ4v) is 3.17. The van der Waals surface area contributed by atoms with Crippen molar-refractivity contribution in [2.24, 2.45) is 5.92 Å². The van der Waals surface area contributed by atoms with Crippen molar-refractivity contribution in [1.29, 1.82) is 0 Å². The third kappa shape index (κ3) is 5.20. The molecule has 5 heteroatoms. The summed E-state index contributed by atoms with van der Waals surface area (Å²) in [7, 11) is 0. The van der Waals surface area contributed by atoms with E-state index in [9.17, 15) is 9.90 Å². The largest absolute Gasteiger partial charge is 0.390 e. The third-order valence-corrected chi connectivity index (χ3v) is 4.98. The standard InChI is InChI=1S/C18H27ClN2O2/c1-12-4-6-21(7-5-12)11-15(22)10-20-18(23)16-8-13(2)14(3)9-17(16)19/h8-9,12,15,22H,4-7,10-11H2,1-3H3,(H,20,23). The number of likely N-dealkylation sites (tertiary alicyclic amines) is 1. The maximum Gasteiger partial charge on any atom is 0.252 e. The molecule has 2 N–H and O–H groups in total. The van der Waals surface area contributed by atoms with Gasteiger partial charge < -0.3 is 15.3 Å². The molecule has 1 aromatic rings. The zero-order valence-electron chi connectivity index (χ0n) is 14.2. The van der Waals surface area contributed by atoms with Crippen molar-refractivity contribution in [2.45, 2.75) is 39.7 Å². The molecule has 1 aliphatic rings. The van der Waals surface area contributed by atoms with Crippen molar-refractivity contribution >= 4 is 17.5 Å². The predicted octanol–water partition coefficient (Wildman–Crippen LogP) is 2.78. The van der Waals surface area contributed by atoms with E-state index in [1.807, 2.05) is 13.8 Å². The second kappa shape index (κ2) is 8.13. The van der Waals surface area contributed by atoms with Crippen molar-refractivity contribution in [1.82, 2.24) is 10.2 Å². The number of aryl methyl sites for hydroxylation is 2. The van der Waals surface area contributed by atoms with E-state index >= 15 is 0 Å². The number of hydrogen-bond acceptors (Lipinski definition) is 3. The van der Waals surface area contributed by atoms with Crippen molar-refractivity contribution in [2.75, 3.05) is 26.2 Å². The van der Waals surface area contributed by atoms with Crippen molar-refractivity contribution < 1.29 is 9.90 Å². The van der Waals surface area contributed by atoms with Crippen LogP contribution in [-0.2, 0) is 0 Å². The van der Waals surface area contributed by atoms with Crippen LogP contribution in [0.3, 0.4) is 0 Å². The molecule has 0 aliphatic carbocycles. The molecule has 0 bridgehead atoms. The zero-order valence-corrected chi connectivity index (χ0v) is 15.0. The summed E-state index contributed by atoms with van der Waals surface area (Å²) in [5, 5.41) is 13.4. The molecule has 0 radical (unpaired) electrons. The molecule has 4 nitrogen and oxygen atoms in total. The monoisotopic (exact) mass is 338 g/mol. The molecule has 1 atom stereocenters. The minimum absolute atomic E-state index is 0.232. The summed E-state index contributed by atoms with van der Waals surface area (Å²) in [4.78, 5) is 14.5. The summed E-state index contributed by atoms with van der Waals surface area (Å²) < 4.78 is 0. The fourth-order valence-electron chi connectivity index (χ4n) is 2.87. The van der Waals surface area contributed by atoms with Gasteiger partial charge in [-0.15, -0.1) is 0 Å². The SMILES string of the molecule is Cc1cc(Cl)c(C(=O)NCC(O)CN2CCC(C)CC2)cc1C. The van der Waals surface area contributed by atoms with Crippen LogP contribution in [0.5, 0.6) is 0 Å². The van der Waals surface area contributed by atoms with Gasteiger partial charge in [0.15, 0.2) is 0 Å². The average Bonchev–Trinajstić information content (AvgIpc) is 2.51. The van der Waals surface area contributed by atoms with E-state index in [-0.39, 0.29) is 12.5 Å². The van der Waals surface area contributed by atoms with Crippen LogP contribution in [-0.4, -0.2) is 48.2 Å². The lowest BCUT2D eigenvalue weighted by atomic mass is 9.99. The molecular formula is C18H27ClN2O2. The number of piperidine rings is 1. The lowest BCUT2D eigenvalue weighted by Crippen LogP contribution is -2.43. The first-order valence-electron chi connectivity index (χ1n) is 8.32. The number of hydrogen-bond donors (Lipinski definition) is 2. The molecule has 0 spiro atoms. The molecule has 1 aliphatic heterocycles. The Balaban J connectivity index is 1.83. The molecule has 128 valence electrons. The Morgan fingerprint density at radius 1 is 1.35 bits per heavy atom. The highest BCUT2D eigenvalue weighted by Crippen LogP contribution is 2.21. The smallest absolute Gasteiger partial charge is 0.252 e. The first-order valence-corrected chi connectivity index (χ1v) is 8.70. The topological polar surface area (TPSA) is 52.6 Å². The van der Waals surface area contributed by atoms with Crippen LogP contribution in [0.25, 0.3) is 0 Å². The van der Waals surface area contributed by atoms with Gasteiger partial charge in [-0.25, -0.2) is 0 Å². The number of nitrogens with one attached hydrogen (secondary N) is 1. The second-order valence-corrected chi connectivity index (χ2v) is 7.17. The van der Waals surface area contributed by atoms with Gasteiger partial charge in [-0.3, -0.25) is 4.79 Å². The number of aliphatic hydroxyl groups is 1. The van der Waals surface area contributed by atoms with Gasteiger partial charge in [0, 0.05) is 13.1 Å². The normalized spacial score (nSPS) is 18.0. The number of benzene rings is 1. The summed E-state index contributed by atoms with van der Waals surface area (Å²) in [6.45, 7) is 9.08. The number of halogens is 1. The lowest BCUT2D eigenvalue weighted by molar-refractivity contribution is 0.0795. The maximum absolute atomic E-state index is 12.2. The Morgan fingerprint density at radius 2 is 1.96 bits per heavy atom. The molecule has 1 amide bonds. The molecule has 1 heterocycles. The van der Waals surface area contributed by atoms with Gasteiger partial charge in [0.2, 0.25) is 0 Å². The molecule has 1 saturated heterocycles. The van der Waals surface area contributed by atoms with E-state index in [2.05, 4.69) is 17.1 Å². The van der Waals surface area contributed by atoms with Crippen LogP contribution >= 0.6 is 11.6 Å². The Kier molecular flexibility index (Phi) is 6.45. The fraction of sp³-hybridized carbons (Fsp3) is 0.611. The lowest BCUT2D eigenvalue weighted by Gasteiger charge is -2.31. The van der Waals surface area contributed by atoms with Gasteiger partial charge in [0.05, 0.1) is 16.7 Å². The Morgan fingerprint density at radius 3 is 2.61 bits per heavy atom. The summed E-state index contributed by atoms with van der Waals surface area (Å²) >= 11 is 6.15. The quantitative estimate of drug-likeness (QED) is 0.868. The molecule has 23 heavy (non-hydrogen) atoms. The first-order chi connectivity index (χ1) is 10.9. The number of carbonyl (C=O) groups is 1. The van der Waals surface area contributed by atoms with Crippen LogP contribution in [0.15, 0.2) is 12.1 Å². The van der Waals surface area contributed by atoms with Gasteiger partial charge in [-0.05, 0) is 69.0 Å². The molecular weight excluding hydrogens is 312 g/mol. The summed E-state index contributed by atoms with van der Waals surface area (Å²) in [5.74, 6) is 0.541. The Hall–Kier alpha value is -1.10. The molecule has 0 aromatic heterocycles. The third-order valence-electron chi connectivity index (χ3n) is 4.67. The van der Waals surface area contributed by atoms with Crippen LogP contribution < -0.4 is 5.32 Å². The second-order valence-electron chi connectivity index (χ2n) is 6.76. The van der Waals surface area contributed by atoms with Gasteiger partial charge >= 0.3 is 0 Å². The number of carbonyl (C=O) groups excluding carboxylic acids is 1. The number of rotatable bonds is 5. The van der Waals surface area contributed by atoms with Crippen molar-refractivity contribution in [3.63, 3.8) is 0 Å². The van der Waals surface area contributed by atoms with Crippen molar-refractivity contribution in [3.8, 4) is 0 Å². The van der Waals surface area contributed by atoms with E-state index in [1.54, 1.807) is 12.1 Å². The average molecular weight is 339 g/mol. The van der Waals surface area contributed by atoms with E-state index in [0.717, 1.165) is 30.1 Å². The summed E-state index contributed by atoms with van der Waals surface area (Å²) in [6.07, 6.45) is 1.80. The van der Waals surface area contributed by atoms with E-state index in [1.165, 1.54) is 12.8 Å². The van der Waals surface area contributed by atoms with Gasteiger partial charge in [-0.1, -0.05) is 18.5 Å². The van der Waals surface area contributed by atoms with Gasteiger partial charge in [0.1, 0.15) is 0 Å². The molecule has 2 rings (SSSR count). The minimum Gasteiger partial charge on any atom is -0.390 e. The van der Waals surface area contributed by atoms with E-state index < -0.39 is 6.10 Å². The number of nitrogens with zero attached hydrogens (tertiary/aromatic N) is 1. The van der Waals surface area contributed by atoms with Crippen molar-refractivity contribution in [3.05, 3.63) is 33.8 Å². The number of aliphatic hydroxyl groups excluding tert-OH is 1. The molecule has 1 fully saturated rings. The molecule has 1 aromatic carbocycles. The summed E-state index contributed by atoms with van der Waals surface area (Å²) in [6, 6.07) is 3.60. The van der Waals surface area contributed by atoms with E-state index in [4.69, 9.17) is 11.6 Å². The van der Waals surface area contributed by atoms with E-state index in [0.29, 0.717) is 17.1 Å². The minimum atomic E-state index is -0.558. The van der Waals surface area contributed by atoms with Crippen LogP contribution in [0.2, 0.25) is 5.02 Å².